The van der Waals surface area contributed by atoms with Gasteiger partial charge in [-0.15, -0.1) is 0 Å². The lowest BCUT2D eigenvalue weighted by Gasteiger charge is -2.16. The fourth-order valence-electron chi connectivity index (χ4n) is 1.50. The zero-order valence-corrected chi connectivity index (χ0v) is 7.55. The van der Waals surface area contributed by atoms with Crippen LogP contribution >= 0.6 is 0 Å². The first kappa shape index (κ1) is 7.74. The molecule has 1 aliphatic rings. The van der Waals surface area contributed by atoms with Gasteiger partial charge in [-0.1, -0.05) is 6.07 Å². The molecule has 2 rings (SSSR count). The van der Waals surface area contributed by atoms with Gasteiger partial charge in [0.25, 0.3) is 0 Å². The van der Waals surface area contributed by atoms with E-state index in [1.54, 1.807) is 0 Å². The van der Waals surface area contributed by atoms with Crippen LogP contribution < -0.4 is 0 Å². The number of fused-ring (bicyclic) bond motifs is 1. The Balaban J connectivity index is 2.49. The number of aromatic nitrogens is 1. The second kappa shape index (κ2) is 2.87. The minimum absolute atomic E-state index is 0.740. The molecule has 1 aromatic heterocycles. The van der Waals surface area contributed by atoms with Crippen molar-refractivity contribution in [1.82, 2.24) is 4.98 Å². The minimum atomic E-state index is 0.740. The predicted molar refractivity (Wildman–Crippen MR) is 47.1 cm³/mol. The fraction of sp³-hybridized carbons (Fsp3) is 0.500. The number of nitrogens with zero attached hydrogens (tertiary/aromatic N) is 1. The van der Waals surface area contributed by atoms with E-state index in [1.807, 2.05) is 0 Å². The van der Waals surface area contributed by atoms with E-state index in [-0.39, 0.29) is 0 Å². The average molecular weight is 163 g/mol. The van der Waals surface area contributed by atoms with Crippen LogP contribution in [-0.2, 0) is 17.8 Å². The molecule has 0 bridgehead atoms. The molecule has 0 N–H and O–H groups in total. The Hall–Kier alpha value is -0.890. The van der Waals surface area contributed by atoms with Crippen LogP contribution in [0.1, 0.15) is 22.5 Å². The van der Waals surface area contributed by atoms with Crippen molar-refractivity contribution in [3.63, 3.8) is 0 Å². The van der Waals surface area contributed by atoms with Crippen molar-refractivity contribution < 1.29 is 4.74 Å². The zero-order valence-electron chi connectivity index (χ0n) is 7.55. The van der Waals surface area contributed by atoms with Crippen LogP contribution in [0.3, 0.4) is 0 Å². The maximum Gasteiger partial charge on any atom is 0.0734 e. The van der Waals surface area contributed by atoms with Gasteiger partial charge in [0.2, 0.25) is 0 Å². The number of hydrogen-bond donors (Lipinski definition) is 0. The van der Waals surface area contributed by atoms with Gasteiger partial charge in [-0.05, 0) is 25.0 Å². The molecule has 0 aliphatic carbocycles. The summed E-state index contributed by atoms with van der Waals surface area (Å²) in [5, 5.41) is 0. The van der Waals surface area contributed by atoms with Crippen molar-refractivity contribution >= 4 is 0 Å². The lowest BCUT2D eigenvalue weighted by molar-refractivity contribution is 0.109. The number of hydrogen-bond acceptors (Lipinski definition) is 2. The smallest absolute Gasteiger partial charge is 0.0734 e. The first-order valence-electron chi connectivity index (χ1n) is 4.31. The molecule has 1 aromatic rings. The van der Waals surface area contributed by atoms with E-state index < -0.39 is 0 Å². The van der Waals surface area contributed by atoms with Gasteiger partial charge in [-0.25, -0.2) is 0 Å². The molecule has 0 fully saturated rings. The molecule has 0 atom stereocenters. The fourth-order valence-corrected chi connectivity index (χ4v) is 1.50. The third kappa shape index (κ3) is 1.23. The van der Waals surface area contributed by atoms with Crippen molar-refractivity contribution in [2.75, 3.05) is 6.61 Å². The van der Waals surface area contributed by atoms with Crippen molar-refractivity contribution in [3.05, 3.63) is 28.6 Å². The quantitative estimate of drug-likeness (QED) is 0.581. The van der Waals surface area contributed by atoms with E-state index in [4.69, 9.17) is 4.74 Å². The van der Waals surface area contributed by atoms with Crippen molar-refractivity contribution in [2.45, 2.75) is 26.9 Å². The molecule has 0 unspecified atom stereocenters. The summed E-state index contributed by atoms with van der Waals surface area (Å²) in [7, 11) is 0. The Morgan fingerprint density at radius 3 is 3.08 bits per heavy atom. The molecule has 0 saturated carbocycles. The van der Waals surface area contributed by atoms with Gasteiger partial charge in [0.15, 0.2) is 0 Å². The van der Waals surface area contributed by atoms with Crippen LogP contribution in [0, 0.1) is 13.8 Å². The molecule has 2 heterocycles. The summed E-state index contributed by atoms with van der Waals surface area (Å²) in [6.07, 6.45) is 0.969. The van der Waals surface area contributed by atoms with Gasteiger partial charge in [-0.3, -0.25) is 4.98 Å². The third-order valence-corrected chi connectivity index (χ3v) is 2.38. The SMILES string of the molecule is Cc1cc2c(nc1C)CCOC2. The summed E-state index contributed by atoms with van der Waals surface area (Å²) in [6, 6.07) is 2.19. The van der Waals surface area contributed by atoms with E-state index in [0.717, 1.165) is 25.3 Å². The molecule has 1 aliphatic heterocycles. The Morgan fingerprint density at radius 1 is 1.42 bits per heavy atom. The lowest BCUT2D eigenvalue weighted by atomic mass is 10.1. The van der Waals surface area contributed by atoms with E-state index in [0.29, 0.717) is 0 Å². The van der Waals surface area contributed by atoms with Gasteiger partial charge < -0.3 is 4.74 Å². The normalized spacial score (nSPS) is 15.8. The highest BCUT2D eigenvalue weighted by Crippen LogP contribution is 2.17. The van der Waals surface area contributed by atoms with E-state index in [2.05, 4.69) is 24.9 Å². The van der Waals surface area contributed by atoms with Gasteiger partial charge in [0.05, 0.1) is 13.2 Å². The van der Waals surface area contributed by atoms with Crippen molar-refractivity contribution in [2.24, 2.45) is 0 Å². The molecule has 0 spiro atoms. The molecular formula is C10H13NO. The topological polar surface area (TPSA) is 22.1 Å². The van der Waals surface area contributed by atoms with Crippen LogP contribution in [0.5, 0.6) is 0 Å². The summed E-state index contributed by atoms with van der Waals surface area (Å²) >= 11 is 0. The predicted octanol–water partition coefficient (Wildman–Crippen LogP) is 1.77. The standard InChI is InChI=1S/C10H13NO/c1-7-5-9-6-12-4-3-10(9)11-8(7)2/h5H,3-4,6H2,1-2H3. The Kier molecular flexibility index (Phi) is 1.85. The summed E-state index contributed by atoms with van der Waals surface area (Å²) in [4.78, 5) is 4.53. The largest absolute Gasteiger partial charge is 0.376 e. The van der Waals surface area contributed by atoms with Crippen LogP contribution in [0.25, 0.3) is 0 Å². The van der Waals surface area contributed by atoms with Crippen molar-refractivity contribution in [3.8, 4) is 0 Å². The highest BCUT2D eigenvalue weighted by atomic mass is 16.5. The lowest BCUT2D eigenvalue weighted by Crippen LogP contribution is -2.12. The van der Waals surface area contributed by atoms with Crippen LogP contribution in [-0.4, -0.2) is 11.6 Å². The van der Waals surface area contributed by atoms with Crippen molar-refractivity contribution in [1.29, 1.82) is 0 Å². The molecule has 0 radical (unpaired) electrons. The molecule has 0 aromatic carbocycles. The summed E-state index contributed by atoms with van der Waals surface area (Å²) in [5.74, 6) is 0. The first-order chi connectivity index (χ1) is 5.77. The first-order valence-corrected chi connectivity index (χ1v) is 4.31. The molecule has 2 nitrogen and oxygen atoms in total. The number of ether oxygens (including phenoxy) is 1. The maximum atomic E-state index is 5.35. The zero-order chi connectivity index (χ0) is 8.55. The maximum absolute atomic E-state index is 5.35. The van der Waals surface area contributed by atoms with E-state index in [1.165, 1.54) is 16.8 Å². The number of aryl methyl sites for hydroxylation is 2. The summed E-state index contributed by atoms with van der Waals surface area (Å²) in [5.41, 5.74) is 4.91. The van der Waals surface area contributed by atoms with E-state index in [9.17, 15) is 0 Å². The molecule has 12 heavy (non-hydrogen) atoms. The van der Waals surface area contributed by atoms with Crippen LogP contribution in [0.2, 0.25) is 0 Å². The Labute approximate surface area is 72.6 Å². The molecule has 2 heteroatoms. The summed E-state index contributed by atoms with van der Waals surface area (Å²) in [6.45, 7) is 5.72. The Bertz CT molecular complexity index is 276. The monoisotopic (exact) mass is 163 g/mol. The highest BCUT2D eigenvalue weighted by Gasteiger charge is 2.11. The average Bonchev–Trinajstić information content (AvgIpc) is 2.07. The third-order valence-electron chi connectivity index (χ3n) is 2.38. The molecule has 0 amide bonds. The minimum Gasteiger partial charge on any atom is -0.376 e. The van der Waals surface area contributed by atoms with Crippen LogP contribution in [0.15, 0.2) is 6.07 Å². The number of rotatable bonds is 0. The van der Waals surface area contributed by atoms with Gasteiger partial charge in [-0.2, -0.15) is 0 Å². The number of pyridine rings is 1. The molecule has 0 saturated heterocycles. The molecule has 64 valence electrons. The molecular weight excluding hydrogens is 150 g/mol. The van der Waals surface area contributed by atoms with Crippen LogP contribution in [0.4, 0.5) is 0 Å². The summed E-state index contributed by atoms with van der Waals surface area (Å²) < 4.78 is 5.35. The van der Waals surface area contributed by atoms with Gasteiger partial charge >= 0.3 is 0 Å². The Morgan fingerprint density at radius 2 is 2.25 bits per heavy atom. The van der Waals surface area contributed by atoms with Gasteiger partial charge in [0, 0.05) is 17.8 Å². The second-order valence-electron chi connectivity index (χ2n) is 3.30. The van der Waals surface area contributed by atoms with E-state index >= 15 is 0 Å². The highest BCUT2D eigenvalue weighted by molar-refractivity contribution is 5.29. The second-order valence-corrected chi connectivity index (χ2v) is 3.30. The van der Waals surface area contributed by atoms with Gasteiger partial charge in [0.1, 0.15) is 0 Å².